The van der Waals surface area contributed by atoms with E-state index >= 15 is 0 Å². The number of hydrogen-bond acceptors (Lipinski definition) is 1. The normalized spacial score (nSPS) is 12.1. The molecule has 0 fully saturated rings. The fourth-order valence-corrected chi connectivity index (χ4v) is 1.78. The summed E-state index contributed by atoms with van der Waals surface area (Å²) in [6.07, 6.45) is 3.11. The Hall–Kier alpha value is -0.820. The molecule has 0 aromatic heterocycles. The number of aliphatic hydroxyl groups is 1. The zero-order valence-corrected chi connectivity index (χ0v) is 11.0. The molecule has 16 heavy (non-hydrogen) atoms. The first-order valence-corrected chi connectivity index (χ1v) is 6.17. The van der Waals surface area contributed by atoms with Crippen LogP contribution in [0.2, 0.25) is 0 Å². The van der Waals surface area contributed by atoms with E-state index in [9.17, 15) is 5.11 Å². The molecule has 0 aliphatic heterocycles. The Morgan fingerprint density at radius 1 is 1.06 bits per heavy atom. The molecule has 0 heterocycles. The lowest BCUT2D eigenvalue weighted by Gasteiger charge is -2.17. The van der Waals surface area contributed by atoms with Crippen molar-refractivity contribution >= 4 is 0 Å². The third-order valence-electron chi connectivity index (χ3n) is 2.67. The molecule has 0 atom stereocenters. The lowest BCUT2D eigenvalue weighted by Crippen LogP contribution is -2.21. The summed E-state index contributed by atoms with van der Waals surface area (Å²) >= 11 is 0. The molecule has 1 N–H and O–H groups in total. The van der Waals surface area contributed by atoms with Gasteiger partial charge in [0.25, 0.3) is 0 Å². The molecule has 1 rings (SSSR count). The molecular formula is C15H24O. The van der Waals surface area contributed by atoms with E-state index in [1.807, 2.05) is 13.8 Å². The summed E-state index contributed by atoms with van der Waals surface area (Å²) in [6.45, 7) is 8.20. The molecule has 1 aromatic rings. The van der Waals surface area contributed by atoms with Crippen molar-refractivity contribution < 1.29 is 5.11 Å². The van der Waals surface area contributed by atoms with E-state index in [0.29, 0.717) is 0 Å². The fourth-order valence-electron chi connectivity index (χ4n) is 1.78. The lowest BCUT2D eigenvalue weighted by atomic mass is 9.96. The molecule has 0 unspecified atom stereocenters. The van der Waals surface area contributed by atoms with Gasteiger partial charge in [-0.1, -0.05) is 38.1 Å². The van der Waals surface area contributed by atoms with Gasteiger partial charge < -0.3 is 5.11 Å². The van der Waals surface area contributed by atoms with Crippen molar-refractivity contribution in [1.82, 2.24) is 0 Å². The van der Waals surface area contributed by atoms with E-state index in [1.54, 1.807) is 0 Å². The Morgan fingerprint density at radius 3 is 2.00 bits per heavy atom. The molecule has 1 aromatic carbocycles. The maximum Gasteiger partial charge on any atom is 0.0631 e. The highest BCUT2D eigenvalue weighted by atomic mass is 16.3. The predicted octanol–water partition coefficient (Wildman–Crippen LogP) is 3.59. The van der Waals surface area contributed by atoms with Gasteiger partial charge in [-0.05, 0) is 43.7 Å². The van der Waals surface area contributed by atoms with Crippen molar-refractivity contribution in [3.8, 4) is 0 Å². The van der Waals surface area contributed by atoms with Crippen LogP contribution < -0.4 is 0 Å². The molecule has 0 aliphatic carbocycles. The summed E-state index contributed by atoms with van der Waals surface area (Å²) < 4.78 is 0. The van der Waals surface area contributed by atoms with Crippen molar-refractivity contribution in [1.29, 1.82) is 0 Å². The Balaban J connectivity index is 2.54. The van der Waals surface area contributed by atoms with E-state index in [4.69, 9.17) is 0 Å². The lowest BCUT2D eigenvalue weighted by molar-refractivity contribution is 0.0810. The maximum absolute atomic E-state index is 9.72. The van der Waals surface area contributed by atoms with Crippen molar-refractivity contribution in [2.24, 2.45) is 5.92 Å². The number of aryl methyl sites for hydroxylation is 1. The van der Waals surface area contributed by atoms with Gasteiger partial charge >= 0.3 is 0 Å². The van der Waals surface area contributed by atoms with Crippen molar-refractivity contribution in [3.63, 3.8) is 0 Å². The Morgan fingerprint density at radius 2 is 1.56 bits per heavy atom. The first-order chi connectivity index (χ1) is 7.37. The monoisotopic (exact) mass is 220 g/mol. The van der Waals surface area contributed by atoms with E-state index in [-0.39, 0.29) is 0 Å². The highest BCUT2D eigenvalue weighted by Crippen LogP contribution is 2.15. The molecule has 90 valence electrons. The quantitative estimate of drug-likeness (QED) is 0.804. The van der Waals surface area contributed by atoms with Crippen LogP contribution in [0.5, 0.6) is 0 Å². The second kappa shape index (κ2) is 5.49. The van der Waals surface area contributed by atoms with Crippen molar-refractivity contribution in [2.45, 2.75) is 52.6 Å². The first kappa shape index (κ1) is 13.2. The number of benzene rings is 1. The summed E-state index contributed by atoms with van der Waals surface area (Å²) in [7, 11) is 0. The van der Waals surface area contributed by atoms with Gasteiger partial charge in [-0.15, -0.1) is 0 Å². The van der Waals surface area contributed by atoms with Crippen LogP contribution >= 0.6 is 0 Å². The second-order valence-corrected chi connectivity index (χ2v) is 5.74. The maximum atomic E-state index is 9.72. The second-order valence-electron chi connectivity index (χ2n) is 5.74. The number of hydrogen-bond donors (Lipinski definition) is 1. The van der Waals surface area contributed by atoms with Crippen LogP contribution in [-0.2, 0) is 12.8 Å². The Bertz CT molecular complexity index is 303. The van der Waals surface area contributed by atoms with Gasteiger partial charge in [-0.3, -0.25) is 0 Å². The molecule has 0 saturated carbocycles. The Labute approximate surface area is 99.5 Å². The van der Waals surface area contributed by atoms with Crippen LogP contribution in [0.1, 0.15) is 45.2 Å². The summed E-state index contributed by atoms with van der Waals surface area (Å²) in [5, 5.41) is 9.72. The van der Waals surface area contributed by atoms with Gasteiger partial charge in [-0.25, -0.2) is 0 Å². The van der Waals surface area contributed by atoms with Gasteiger partial charge in [-0.2, -0.15) is 0 Å². The van der Waals surface area contributed by atoms with Gasteiger partial charge in [0.2, 0.25) is 0 Å². The average Bonchev–Trinajstić information content (AvgIpc) is 2.14. The van der Waals surface area contributed by atoms with Crippen LogP contribution in [0, 0.1) is 5.92 Å². The molecule has 0 aliphatic rings. The molecule has 1 nitrogen and oxygen atoms in total. The summed E-state index contributed by atoms with van der Waals surface area (Å²) in [5.74, 6) is 0.760. The van der Waals surface area contributed by atoms with Gasteiger partial charge in [0.1, 0.15) is 0 Å². The van der Waals surface area contributed by atoms with Crippen LogP contribution in [0.3, 0.4) is 0 Å². The van der Waals surface area contributed by atoms with E-state index in [1.165, 1.54) is 17.5 Å². The third kappa shape index (κ3) is 5.32. The SMILES string of the molecule is CC(C)CCc1ccc(CC(C)(C)O)cc1. The van der Waals surface area contributed by atoms with Crippen molar-refractivity contribution in [2.75, 3.05) is 0 Å². The average molecular weight is 220 g/mol. The zero-order valence-electron chi connectivity index (χ0n) is 11.0. The van der Waals surface area contributed by atoms with Gasteiger partial charge in [0.05, 0.1) is 5.60 Å². The summed E-state index contributed by atoms with van der Waals surface area (Å²) in [4.78, 5) is 0. The van der Waals surface area contributed by atoms with E-state index in [0.717, 1.165) is 18.8 Å². The third-order valence-corrected chi connectivity index (χ3v) is 2.67. The van der Waals surface area contributed by atoms with Crippen LogP contribution in [-0.4, -0.2) is 10.7 Å². The first-order valence-electron chi connectivity index (χ1n) is 6.17. The van der Waals surface area contributed by atoms with E-state index < -0.39 is 5.60 Å². The number of rotatable bonds is 5. The van der Waals surface area contributed by atoms with Crippen molar-refractivity contribution in [3.05, 3.63) is 35.4 Å². The largest absolute Gasteiger partial charge is 0.390 e. The smallest absolute Gasteiger partial charge is 0.0631 e. The standard InChI is InChI=1S/C15H24O/c1-12(2)5-6-13-7-9-14(10-8-13)11-15(3,4)16/h7-10,12,16H,5-6,11H2,1-4H3. The minimum absolute atomic E-state index is 0.612. The summed E-state index contributed by atoms with van der Waals surface area (Å²) in [5.41, 5.74) is 1.99. The molecule has 0 saturated heterocycles. The predicted molar refractivity (Wildman–Crippen MR) is 69.6 cm³/mol. The minimum atomic E-state index is -0.612. The molecule has 0 spiro atoms. The molecule has 0 amide bonds. The zero-order chi connectivity index (χ0) is 12.2. The Kier molecular flexibility index (Phi) is 4.55. The highest BCUT2D eigenvalue weighted by Gasteiger charge is 2.12. The topological polar surface area (TPSA) is 20.2 Å². The molecular weight excluding hydrogens is 196 g/mol. The summed E-state index contributed by atoms with van der Waals surface area (Å²) in [6, 6.07) is 8.63. The molecule has 1 heteroatoms. The molecule has 0 bridgehead atoms. The fraction of sp³-hybridized carbons (Fsp3) is 0.600. The van der Waals surface area contributed by atoms with Gasteiger partial charge in [0.15, 0.2) is 0 Å². The van der Waals surface area contributed by atoms with Crippen LogP contribution in [0.4, 0.5) is 0 Å². The minimum Gasteiger partial charge on any atom is -0.390 e. The van der Waals surface area contributed by atoms with E-state index in [2.05, 4.69) is 38.1 Å². The van der Waals surface area contributed by atoms with Gasteiger partial charge in [0, 0.05) is 6.42 Å². The van der Waals surface area contributed by atoms with Crippen LogP contribution in [0.15, 0.2) is 24.3 Å². The highest BCUT2D eigenvalue weighted by molar-refractivity contribution is 5.23. The van der Waals surface area contributed by atoms with Crippen LogP contribution in [0.25, 0.3) is 0 Å². The molecule has 0 radical (unpaired) electrons.